The van der Waals surface area contributed by atoms with Crippen LogP contribution in [-0.2, 0) is 6.54 Å². The summed E-state index contributed by atoms with van der Waals surface area (Å²) >= 11 is 3.55. The predicted octanol–water partition coefficient (Wildman–Crippen LogP) is 1.79. The molecular weight excluding hydrogens is 324 g/mol. The summed E-state index contributed by atoms with van der Waals surface area (Å²) in [5.41, 5.74) is 1.32. The molecule has 7 nitrogen and oxygen atoms in total. The second-order valence-corrected chi connectivity index (χ2v) is 5.19. The minimum absolute atomic E-state index is 0.359. The van der Waals surface area contributed by atoms with E-state index in [2.05, 4.69) is 45.9 Å². The SMILES string of the molecule is Brc1cc2cnc(=Nc3ccno3)nc-2n2c1NCC2. The highest BCUT2D eigenvalue weighted by Gasteiger charge is 2.19. The second kappa shape index (κ2) is 4.41. The van der Waals surface area contributed by atoms with Crippen LogP contribution < -0.4 is 10.9 Å². The average Bonchev–Trinajstić information content (AvgIpc) is 3.10. The number of rotatable bonds is 1. The lowest BCUT2D eigenvalue weighted by atomic mass is 10.2. The highest BCUT2D eigenvalue weighted by molar-refractivity contribution is 9.10. The van der Waals surface area contributed by atoms with Gasteiger partial charge in [-0.05, 0) is 22.0 Å². The van der Waals surface area contributed by atoms with Gasteiger partial charge in [0, 0.05) is 30.9 Å². The maximum Gasteiger partial charge on any atom is 0.254 e. The third kappa shape index (κ3) is 1.80. The normalized spacial score (nSPS) is 14.6. The maximum atomic E-state index is 4.94. The molecule has 0 atom stereocenters. The van der Waals surface area contributed by atoms with E-state index in [0.29, 0.717) is 11.5 Å². The van der Waals surface area contributed by atoms with Crippen molar-refractivity contribution in [2.45, 2.75) is 6.54 Å². The molecule has 4 rings (SSSR count). The van der Waals surface area contributed by atoms with E-state index in [1.165, 1.54) is 6.20 Å². The number of hydrogen-bond donors (Lipinski definition) is 1. The highest BCUT2D eigenvalue weighted by Crippen LogP contribution is 2.32. The van der Waals surface area contributed by atoms with Gasteiger partial charge in [0.1, 0.15) is 11.6 Å². The largest absolute Gasteiger partial charge is 0.369 e. The Bertz CT molecular complexity index is 809. The Labute approximate surface area is 121 Å². The molecule has 4 heterocycles. The van der Waals surface area contributed by atoms with Crippen LogP contribution in [0.1, 0.15) is 0 Å². The number of hydrogen-bond acceptors (Lipinski definition) is 6. The van der Waals surface area contributed by atoms with E-state index in [0.717, 1.165) is 34.8 Å². The lowest BCUT2D eigenvalue weighted by Crippen LogP contribution is -2.17. The maximum absolute atomic E-state index is 4.94. The van der Waals surface area contributed by atoms with Crippen LogP contribution in [0.15, 0.2) is 38.5 Å². The summed E-state index contributed by atoms with van der Waals surface area (Å²) in [7, 11) is 0. The minimum Gasteiger partial charge on any atom is -0.369 e. The van der Waals surface area contributed by atoms with Crippen molar-refractivity contribution in [3.05, 3.63) is 34.6 Å². The van der Waals surface area contributed by atoms with E-state index in [1.54, 1.807) is 12.3 Å². The van der Waals surface area contributed by atoms with Gasteiger partial charge in [0.25, 0.3) is 11.5 Å². The first kappa shape index (κ1) is 11.6. The summed E-state index contributed by atoms with van der Waals surface area (Å²) in [6.07, 6.45) is 3.29. The van der Waals surface area contributed by atoms with Crippen LogP contribution in [0, 0.1) is 0 Å². The van der Waals surface area contributed by atoms with Gasteiger partial charge >= 0.3 is 0 Å². The van der Waals surface area contributed by atoms with Gasteiger partial charge in [-0.2, -0.15) is 9.98 Å². The summed E-state index contributed by atoms with van der Waals surface area (Å²) in [6, 6.07) is 3.66. The minimum atomic E-state index is 0.359. The van der Waals surface area contributed by atoms with E-state index in [9.17, 15) is 0 Å². The Hall–Kier alpha value is -2.22. The molecule has 3 aliphatic rings. The summed E-state index contributed by atoms with van der Waals surface area (Å²) in [4.78, 5) is 12.9. The summed E-state index contributed by atoms with van der Waals surface area (Å²) < 4.78 is 8.06. The Balaban J connectivity index is 1.96. The van der Waals surface area contributed by atoms with Crippen LogP contribution in [0.2, 0.25) is 0 Å². The number of nitrogens with one attached hydrogen (secondary N) is 1. The molecule has 100 valence electrons. The lowest BCUT2D eigenvalue weighted by Gasteiger charge is -2.13. The van der Waals surface area contributed by atoms with Gasteiger partial charge in [-0.1, -0.05) is 5.16 Å². The fraction of sp³-hybridized carbons (Fsp3) is 0.167. The van der Waals surface area contributed by atoms with Gasteiger partial charge in [-0.15, -0.1) is 0 Å². The third-order valence-corrected chi connectivity index (χ3v) is 3.68. The van der Waals surface area contributed by atoms with Gasteiger partial charge in [0.15, 0.2) is 0 Å². The quantitative estimate of drug-likeness (QED) is 0.734. The van der Waals surface area contributed by atoms with Crippen LogP contribution in [-0.4, -0.2) is 26.2 Å². The molecule has 0 aromatic carbocycles. The standard InChI is InChI=1S/C12H9BrN6O/c13-8-5-7-6-15-12(17-9-1-2-16-20-9)18-10(7)19-4-3-14-11(8)19/h1-2,5-6,14H,3-4H2. The van der Waals surface area contributed by atoms with E-state index in [4.69, 9.17) is 4.52 Å². The number of anilines is 1. The zero-order valence-electron chi connectivity index (χ0n) is 10.2. The number of fused-ring (bicyclic) bond motifs is 3. The van der Waals surface area contributed by atoms with Crippen LogP contribution >= 0.6 is 15.9 Å². The molecule has 0 unspecified atom stereocenters. The average molecular weight is 333 g/mol. The molecule has 0 aliphatic carbocycles. The summed E-state index contributed by atoms with van der Waals surface area (Å²) in [6.45, 7) is 1.75. The van der Waals surface area contributed by atoms with Crippen molar-refractivity contribution in [3.63, 3.8) is 0 Å². The molecule has 1 aromatic rings. The predicted molar refractivity (Wildman–Crippen MR) is 74.6 cm³/mol. The number of pyridine rings is 1. The summed E-state index contributed by atoms with van der Waals surface area (Å²) in [5, 5.41) is 6.93. The summed E-state index contributed by atoms with van der Waals surface area (Å²) in [5.74, 6) is 2.27. The van der Waals surface area contributed by atoms with E-state index in [-0.39, 0.29) is 0 Å². The molecule has 8 heteroatoms. The molecule has 0 fully saturated rings. The van der Waals surface area contributed by atoms with Crippen molar-refractivity contribution >= 4 is 27.6 Å². The molecule has 1 N–H and O–H groups in total. The molecule has 0 spiro atoms. The molecule has 0 saturated heterocycles. The monoisotopic (exact) mass is 332 g/mol. The molecule has 3 aliphatic heterocycles. The van der Waals surface area contributed by atoms with Crippen LogP contribution in [0.4, 0.5) is 11.7 Å². The molecule has 0 bridgehead atoms. The number of nitrogens with zero attached hydrogens (tertiary/aromatic N) is 5. The van der Waals surface area contributed by atoms with Gasteiger partial charge in [0.05, 0.1) is 10.7 Å². The smallest absolute Gasteiger partial charge is 0.254 e. The van der Waals surface area contributed by atoms with Crippen LogP contribution in [0.3, 0.4) is 0 Å². The topological polar surface area (TPSA) is 81.1 Å². The number of aromatic nitrogens is 4. The molecular formula is C12H9BrN6O. The number of halogens is 1. The van der Waals surface area contributed by atoms with Crippen molar-refractivity contribution < 1.29 is 4.52 Å². The Morgan fingerprint density at radius 3 is 3.25 bits per heavy atom. The van der Waals surface area contributed by atoms with Crippen molar-refractivity contribution in [2.24, 2.45) is 4.99 Å². The van der Waals surface area contributed by atoms with Gasteiger partial charge in [0.2, 0.25) is 0 Å². The van der Waals surface area contributed by atoms with Crippen LogP contribution in [0.25, 0.3) is 11.4 Å². The van der Waals surface area contributed by atoms with Crippen molar-refractivity contribution in [1.29, 1.82) is 0 Å². The zero-order valence-corrected chi connectivity index (χ0v) is 11.8. The fourth-order valence-corrected chi connectivity index (χ4v) is 2.83. The highest BCUT2D eigenvalue weighted by atomic mass is 79.9. The van der Waals surface area contributed by atoms with Crippen molar-refractivity contribution in [3.8, 4) is 11.4 Å². The van der Waals surface area contributed by atoms with E-state index < -0.39 is 0 Å². The van der Waals surface area contributed by atoms with Gasteiger partial charge < -0.3 is 14.4 Å². The fourth-order valence-electron chi connectivity index (χ4n) is 2.23. The van der Waals surface area contributed by atoms with Gasteiger partial charge in [-0.25, -0.2) is 4.98 Å². The third-order valence-electron chi connectivity index (χ3n) is 3.08. The zero-order chi connectivity index (χ0) is 13.5. The molecule has 0 radical (unpaired) electrons. The Morgan fingerprint density at radius 2 is 2.40 bits per heavy atom. The lowest BCUT2D eigenvalue weighted by molar-refractivity contribution is 0.428. The van der Waals surface area contributed by atoms with Crippen molar-refractivity contribution in [1.82, 2.24) is 19.7 Å². The Morgan fingerprint density at radius 1 is 1.45 bits per heavy atom. The Kier molecular flexibility index (Phi) is 2.56. The van der Waals surface area contributed by atoms with E-state index >= 15 is 0 Å². The van der Waals surface area contributed by atoms with E-state index in [1.807, 2.05) is 6.07 Å². The van der Waals surface area contributed by atoms with Gasteiger partial charge in [-0.3, -0.25) is 0 Å². The van der Waals surface area contributed by atoms with Crippen LogP contribution in [0.5, 0.6) is 0 Å². The molecule has 20 heavy (non-hydrogen) atoms. The molecule has 0 amide bonds. The molecule has 1 aromatic heterocycles. The first-order valence-corrected chi connectivity index (χ1v) is 6.86. The van der Waals surface area contributed by atoms with Crippen molar-refractivity contribution in [2.75, 3.05) is 11.9 Å². The second-order valence-electron chi connectivity index (χ2n) is 4.33. The first-order chi connectivity index (χ1) is 9.81. The molecule has 0 saturated carbocycles. The first-order valence-electron chi connectivity index (χ1n) is 6.07.